The zero-order valence-electron chi connectivity index (χ0n) is 13.4. The fourth-order valence-corrected chi connectivity index (χ4v) is 2.80. The third-order valence-corrected chi connectivity index (χ3v) is 4.80. The monoisotopic (exact) mass is 281 g/mol. The SMILES string of the molecule is CC(C)N(C)CC1CCN(C(=O)CNCC2CC2)CC1. The number of nitrogens with one attached hydrogen (secondary N) is 1. The lowest BCUT2D eigenvalue weighted by Gasteiger charge is -2.35. The van der Waals surface area contributed by atoms with Gasteiger partial charge in [-0.05, 0) is 65.0 Å². The van der Waals surface area contributed by atoms with Crippen molar-refractivity contribution < 1.29 is 4.79 Å². The second-order valence-corrected chi connectivity index (χ2v) is 6.93. The second-order valence-electron chi connectivity index (χ2n) is 6.93. The summed E-state index contributed by atoms with van der Waals surface area (Å²) in [6.45, 7) is 9.10. The van der Waals surface area contributed by atoms with Crippen LogP contribution >= 0.6 is 0 Å². The van der Waals surface area contributed by atoms with E-state index in [2.05, 4.69) is 31.1 Å². The molecule has 0 radical (unpaired) electrons. The highest BCUT2D eigenvalue weighted by Gasteiger charge is 2.25. The number of hydrogen-bond donors (Lipinski definition) is 1. The van der Waals surface area contributed by atoms with Gasteiger partial charge in [-0.25, -0.2) is 0 Å². The molecule has 1 heterocycles. The highest BCUT2D eigenvalue weighted by Crippen LogP contribution is 2.27. The van der Waals surface area contributed by atoms with Crippen molar-refractivity contribution in [3.63, 3.8) is 0 Å². The van der Waals surface area contributed by atoms with Gasteiger partial charge in [0.05, 0.1) is 6.54 Å². The van der Waals surface area contributed by atoms with Crippen molar-refractivity contribution in [1.82, 2.24) is 15.1 Å². The number of likely N-dealkylation sites (tertiary alicyclic amines) is 1. The standard InChI is InChI=1S/C16H31N3O/c1-13(2)18(3)12-15-6-8-19(9-7-15)16(20)11-17-10-14-4-5-14/h13-15,17H,4-12H2,1-3H3. The van der Waals surface area contributed by atoms with Gasteiger partial charge < -0.3 is 15.1 Å². The summed E-state index contributed by atoms with van der Waals surface area (Å²) in [6.07, 6.45) is 5.00. The summed E-state index contributed by atoms with van der Waals surface area (Å²) in [5.41, 5.74) is 0. The number of rotatable bonds is 7. The van der Waals surface area contributed by atoms with E-state index in [4.69, 9.17) is 0 Å². The van der Waals surface area contributed by atoms with Crippen LogP contribution in [0.15, 0.2) is 0 Å². The minimum Gasteiger partial charge on any atom is -0.342 e. The maximum Gasteiger partial charge on any atom is 0.236 e. The molecule has 1 N–H and O–H groups in total. The molecule has 1 aliphatic heterocycles. The van der Waals surface area contributed by atoms with Crippen LogP contribution in [0, 0.1) is 11.8 Å². The Morgan fingerprint density at radius 3 is 2.40 bits per heavy atom. The van der Waals surface area contributed by atoms with Crippen molar-refractivity contribution in [2.45, 2.75) is 45.6 Å². The smallest absolute Gasteiger partial charge is 0.236 e. The Labute approximate surface area is 123 Å². The van der Waals surface area contributed by atoms with Crippen molar-refractivity contribution in [2.24, 2.45) is 11.8 Å². The van der Waals surface area contributed by atoms with Crippen molar-refractivity contribution in [1.29, 1.82) is 0 Å². The van der Waals surface area contributed by atoms with Gasteiger partial charge in [0.1, 0.15) is 0 Å². The van der Waals surface area contributed by atoms with E-state index in [1.165, 1.54) is 19.4 Å². The average molecular weight is 281 g/mol. The molecule has 1 saturated heterocycles. The van der Waals surface area contributed by atoms with Crippen LogP contribution in [0.5, 0.6) is 0 Å². The zero-order chi connectivity index (χ0) is 14.5. The molecule has 20 heavy (non-hydrogen) atoms. The first kappa shape index (κ1) is 15.8. The van der Waals surface area contributed by atoms with E-state index in [9.17, 15) is 4.79 Å². The molecule has 1 amide bonds. The van der Waals surface area contributed by atoms with Gasteiger partial charge in [0.2, 0.25) is 5.91 Å². The van der Waals surface area contributed by atoms with Crippen LogP contribution in [-0.4, -0.2) is 61.5 Å². The van der Waals surface area contributed by atoms with Crippen LogP contribution in [0.25, 0.3) is 0 Å². The lowest BCUT2D eigenvalue weighted by atomic mass is 9.96. The molecule has 0 unspecified atom stereocenters. The molecule has 0 bridgehead atoms. The molecule has 0 aromatic rings. The molecule has 0 aromatic carbocycles. The summed E-state index contributed by atoms with van der Waals surface area (Å²) >= 11 is 0. The quantitative estimate of drug-likeness (QED) is 0.769. The second kappa shape index (κ2) is 7.41. The lowest BCUT2D eigenvalue weighted by molar-refractivity contribution is -0.131. The summed E-state index contributed by atoms with van der Waals surface area (Å²) in [5.74, 6) is 1.90. The van der Waals surface area contributed by atoms with Gasteiger partial charge in [0.25, 0.3) is 0 Å². The number of hydrogen-bond acceptors (Lipinski definition) is 3. The van der Waals surface area contributed by atoms with Crippen LogP contribution < -0.4 is 5.32 Å². The van der Waals surface area contributed by atoms with Crippen LogP contribution in [0.3, 0.4) is 0 Å². The molecule has 4 nitrogen and oxygen atoms in total. The Kier molecular flexibility index (Phi) is 5.85. The Morgan fingerprint density at radius 2 is 1.85 bits per heavy atom. The minimum absolute atomic E-state index is 0.293. The minimum atomic E-state index is 0.293. The predicted octanol–water partition coefficient (Wildman–Crippen LogP) is 1.56. The molecule has 116 valence electrons. The fourth-order valence-electron chi connectivity index (χ4n) is 2.80. The summed E-state index contributed by atoms with van der Waals surface area (Å²) in [6, 6.07) is 0.612. The lowest BCUT2D eigenvalue weighted by Crippen LogP contribution is -2.45. The number of carbonyl (C=O) groups excluding carboxylic acids is 1. The molecule has 2 fully saturated rings. The molecular formula is C16H31N3O. The average Bonchev–Trinajstić information content (AvgIpc) is 3.23. The normalized spacial score (nSPS) is 20.9. The van der Waals surface area contributed by atoms with E-state index in [0.29, 0.717) is 18.5 Å². The maximum absolute atomic E-state index is 12.1. The Balaban J connectivity index is 1.61. The van der Waals surface area contributed by atoms with Gasteiger partial charge in [0.15, 0.2) is 0 Å². The van der Waals surface area contributed by atoms with Crippen molar-refractivity contribution in [2.75, 3.05) is 39.8 Å². The molecule has 2 aliphatic rings. The van der Waals surface area contributed by atoms with Gasteiger partial charge in [-0.3, -0.25) is 4.79 Å². The van der Waals surface area contributed by atoms with Gasteiger partial charge in [-0.1, -0.05) is 0 Å². The molecule has 0 atom stereocenters. The largest absolute Gasteiger partial charge is 0.342 e. The topological polar surface area (TPSA) is 35.6 Å². The van der Waals surface area contributed by atoms with Crippen LogP contribution in [0.4, 0.5) is 0 Å². The highest BCUT2D eigenvalue weighted by molar-refractivity contribution is 5.78. The van der Waals surface area contributed by atoms with E-state index in [1.807, 2.05) is 4.90 Å². The van der Waals surface area contributed by atoms with Gasteiger partial charge >= 0.3 is 0 Å². The molecule has 0 aromatic heterocycles. The van der Waals surface area contributed by atoms with E-state index in [0.717, 1.165) is 44.3 Å². The summed E-state index contributed by atoms with van der Waals surface area (Å²) in [4.78, 5) is 16.6. The Bertz CT molecular complexity index is 307. The van der Waals surface area contributed by atoms with Crippen molar-refractivity contribution in [3.05, 3.63) is 0 Å². The predicted molar refractivity (Wildman–Crippen MR) is 82.7 cm³/mol. The van der Waals surface area contributed by atoms with E-state index < -0.39 is 0 Å². The molecular weight excluding hydrogens is 250 g/mol. The van der Waals surface area contributed by atoms with E-state index in [-0.39, 0.29) is 0 Å². The summed E-state index contributed by atoms with van der Waals surface area (Å²) in [5, 5.41) is 3.30. The Hall–Kier alpha value is -0.610. The number of piperidine rings is 1. The first-order valence-electron chi connectivity index (χ1n) is 8.25. The third kappa shape index (κ3) is 5.06. The summed E-state index contributed by atoms with van der Waals surface area (Å²) in [7, 11) is 2.20. The molecule has 1 saturated carbocycles. The summed E-state index contributed by atoms with van der Waals surface area (Å²) < 4.78 is 0. The molecule has 0 spiro atoms. The fraction of sp³-hybridized carbons (Fsp3) is 0.938. The third-order valence-electron chi connectivity index (χ3n) is 4.80. The zero-order valence-corrected chi connectivity index (χ0v) is 13.4. The highest BCUT2D eigenvalue weighted by atomic mass is 16.2. The number of carbonyl (C=O) groups is 1. The van der Waals surface area contributed by atoms with E-state index >= 15 is 0 Å². The first-order chi connectivity index (χ1) is 9.56. The van der Waals surface area contributed by atoms with Gasteiger partial charge in [0, 0.05) is 25.7 Å². The van der Waals surface area contributed by atoms with E-state index in [1.54, 1.807) is 0 Å². The maximum atomic E-state index is 12.1. The molecule has 4 heteroatoms. The Morgan fingerprint density at radius 1 is 1.20 bits per heavy atom. The number of nitrogens with zero attached hydrogens (tertiary/aromatic N) is 2. The van der Waals surface area contributed by atoms with Gasteiger partial charge in [-0.2, -0.15) is 0 Å². The van der Waals surface area contributed by atoms with Crippen LogP contribution in [-0.2, 0) is 4.79 Å². The van der Waals surface area contributed by atoms with Crippen LogP contribution in [0.2, 0.25) is 0 Å². The van der Waals surface area contributed by atoms with Crippen LogP contribution in [0.1, 0.15) is 39.5 Å². The number of amides is 1. The molecule has 1 aliphatic carbocycles. The van der Waals surface area contributed by atoms with Crippen molar-refractivity contribution in [3.8, 4) is 0 Å². The van der Waals surface area contributed by atoms with Crippen molar-refractivity contribution >= 4 is 5.91 Å². The first-order valence-corrected chi connectivity index (χ1v) is 8.25. The molecule has 2 rings (SSSR count). The van der Waals surface area contributed by atoms with Gasteiger partial charge in [-0.15, -0.1) is 0 Å².